The molecule has 1 fully saturated rings. The molecule has 2 aromatic carbocycles. The second kappa shape index (κ2) is 6.44. The van der Waals surface area contributed by atoms with Crippen LogP contribution in [0, 0.1) is 30.9 Å². The molecule has 1 aliphatic heterocycles. The normalized spacial score (nSPS) is 15.5. The highest BCUT2D eigenvalue weighted by Gasteiger charge is 2.34. The van der Waals surface area contributed by atoms with Crippen molar-refractivity contribution >= 4 is 29.3 Å². The highest BCUT2D eigenvalue weighted by molar-refractivity contribution is 6.31. The highest BCUT2D eigenvalue weighted by atomic mass is 16.6. The number of non-ortho nitro benzene ring substituents is 1. The molecule has 1 aliphatic rings. The Morgan fingerprint density at radius 1 is 1.00 bits per heavy atom. The molecule has 3 rings (SSSR count). The third-order valence-electron chi connectivity index (χ3n) is 4.41. The highest BCUT2D eigenvalue weighted by Crippen LogP contribution is 2.25. The lowest BCUT2D eigenvalue weighted by Gasteiger charge is -2.16. The molecule has 0 radical (unpaired) electrons. The van der Waals surface area contributed by atoms with Gasteiger partial charge in [0.15, 0.2) is 0 Å². The van der Waals surface area contributed by atoms with Crippen LogP contribution in [0.3, 0.4) is 0 Å². The van der Waals surface area contributed by atoms with E-state index in [1.54, 1.807) is 19.1 Å². The summed E-state index contributed by atoms with van der Waals surface area (Å²) in [7, 11) is 0. The minimum Gasteiger partial charge on any atom is -0.267 e. The fraction of sp³-hybridized carbons (Fsp3) is 0.158. The molecule has 0 aromatic heterocycles. The van der Waals surface area contributed by atoms with Gasteiger partial charge in [-0.2, -0.15) is 0 Å². The first-order valence-electron chi connectivity index (χ1n) is 7.97. The molecular weight excluding hydrogens is 334 g/mol. The Morgan fingerprint density at radius 2 is 1.69 bits per heavy atom. The molecule has 2 amide bonds. The minimum absolute atomic E-state index is 0.0631. The summed E-state index contributed by atoms with van der Waals surface area (Å²) in [6, 6.07) is 9.76. The van der Waals surface area contributed by atoms with Gasteiger partial charge in [0.05, 0.1) is 10.6 Å². The third kappa shape index (κ3) is 3.06. The summed E-state index contributed by atoms with van der Waals surface area (Å²) in [5.74, 6) is -1.04. The summed E-state index contributed by atoms with van der Waals surface area (Å²) in [6.07, 6.45) is 1.39. The van der Waals surface area contributed by atoms with Gasteiger partial charge in [-0.1, -0.05) is 12.1 Å². The van der Waals surface area contributed by atoms with E-state index >= 15 is 0 Å². The van der Waals surface area contributed by atoms with Gasteiger partial charge in [-0.3, -0.25) is 25.1 Å². The summed E-state index contributed by atoms with van der Waals surface area (Å²) in [4.78, 5) is 35.4. The lowest BCUT2D eigenvalue weighted by molar-refractivity contribution is -0.384. The van der Waals surface area contributed by atoms with Crippen LogP contribution in [0.4, 0.5) is 11.4 Å². The van der Waals surface area contributed by atoms with E-state index in [1.165, 1.54) is 23.2 Å². The number of nitro benzene ring substituents is 1. The van der Waals surface area contributed by atoms with Crippen LogP contribution in [0.25, 0.3) is 6.08 Å². The summed E-state index contributed by atoms with van der Waals surface area (Å²) in [5, 5.41) is 12.1. The van der Waals surface area contributed by atoms with E-state index in [4.69, 9.17) is 0 Å². The van der Waals surface area contributed by atoms with Crippen LogP contribution in [-0.4, -0.2) is 16.7 Å². The topological polar surface area (TPSA) is 92.6 Å². The van der Waals surface area contributed by atoms with Gasteiger partial charge >= 0.3 is 0 Å². The van der Waals surface area contributed by atoms with Crippen LogP contribution in [0.15, 0.2) is 42.0 Å². The fourth-order valence-electron chi connectivity index (χ4n) is 2.66. The van der Waals surface area contributed by atoms with Crippen molar-refractivity contribution in [2.45, 2.75) is 20.8 Å². The van der Waals surface area contributed by atoms with Gasteiger partial charge in [-0.05, 0) is 61.2 Å². The summed E-state index contributed by atoms with van der Waals surface area (Å²) < 4.78 is 0. The Bertz CT molecular complexity index is 979. The summed E-state index contributed by atoms with van der Waals surface area (Å²) in [6.45, 7) is 5.64. The average Bonchev–Trinajstić information content (AvgIpc) is 2.87. The largest absolute Gasteiger partial charge is 0.282 e. The van der Waals surface area contributed by atoms with Gasteiger partial charge in [-0.25, -0.2) is 5.01 Å². The number of benzene rings is 2. The van der Waals surface area contributed by atoms with Gasteiger partial charge in [0, 0.05) is 12.1 Å². The van der Waals surface area contributed by atoms with Crippen molar-refractivity contribution in [2.75, 3.05) is 5.01 Å². The first kappa shape index (κ1) is 17.3. The molecule has 1 saturated heterocycles. The summed E-state index contributed by atoms with van der Waals surface area (Å²) in [5.41, 5.74) is 6.20. The van der Waals surface area contributed by atoms with Crippen LogP contribution in [0.1, 0.15) is 22.3 Å². The number of anilines is 1. The molecule has 7 nitrogen and oxygen atoms in total. The van der Waals surface area contributed by atoms with Gasteiger partial charge < -0.3 is 0 Å². The monoisotopic (exact) mass is 351 g/mol. The lowest BCUT2D eigenvalue weighted by atomic mass is 10.0. The third-order valence-corrected chi connectivity index (χ3v) is 4.41. The number of hydrazine groups is 1. The number of aryl methyl sites for hydroxylation is 3. The van der Waals surface area contributed by atoms with Crippen molar-refractivity contribution in [1.29, 1.82) is 0 Å². The van der Waals surface area contributed by atoms with E-state index in [0.717, 1.165) is 16.7 Å². The predicted octanol–water partition coefficient (Wildman–Crippen LogP) is 2.98. The molecule has 0 atom stereocenters. The second-order valence-electron chi connectivity index (χ2n) is 6.21. The van der Waals surface area contributed by atoms with Crippen LogP contribution < -0.4 is 10.4 Å². The van der Waals surface area contributed by atoms with E-state index < -0.39 is 16.7 Å². The predicted molar refractivity (Wildman–Crippen MR) is 97.4 cm³/mol. The van der Waals surface area contributed by atoms with Crippen molar-refractivity contribution in [3.05, 3.63) is 74.3 Å². The second-order valence-corrected chi connectivity index (χ2v) is 6.21. The molecule has 1 heterocycles. The van der Waals surface area contributed by atoms with Gasteiger partial charge in [0.25, 0.3) is 17.5 Å². The SMILES string of the molecule is Cc1ccc(N2NC(=O)/C(=C/c3cc([N+](=O)[O-])ccc3C)C2=O)cc1C. The Labute approximate surface area is 150 Å². The Hall–Kier alpha value is -3.48. The fourth-order valence-corrected chi connectivity index (χ4v) is 2.66. The molecule has 0 bridgehead atoms. The zero-order valence-corrected chi connectivity index (χ0v) is 14.6. The van der Waals surface area contributed by atoms with E-state index in [-0.39, 0.29) is 11.3 Å². The minimum atomic E-state index is -0.542. The molecule has 26 heavy (non-hydrogen) atoms. The Balaban J connectivity index is 1.99. The van der Waals surface area contributed by atoms with E-state index in [9.17, 15) is 19.7 Å². The number of hydrogen-bond acceptors (Lipinski definition) is 4. The van der Waals surface area contributed by atoms with Gasteiger partial charge in [0.2, 0.25) is 0 Å². The number of carbonyl (C=O) groups is 2. The van der Waals surface area contributed by atoms with E-state index in [0.29, 0.717) is 11.3 Å². The number of nitrogens with one attached hydrogen (secondary N) is 1. The van der Waals surface area contributed by atoms with Crippen molar-refractivity contribution < 1.29 is 14.5 Å². The Kier molecular flexibility index (Phi) is 4.29. The molecule has 7 heteroatoms. The number of nitrogens with zero attached hydrogens (tertiary/aromatic N) is 2. The number of rotatable bonds is 3. The maximum Gasteiger partial charge on any atom is 0.282 e. The van der Waals surface area contributed by atoms with Crippen LogP contribution in [-0.2, 0) is 9.59 Å². The lowest BCUT2D eigenvalue weighted by Crippen LogP contribution is -2.35. The van der Waals surface area contributed by atoms with Crippen LogP contribution >= 0.6 is 0 Å². The standard InChI is InChI=1S/C19H17N3O4/c1-11-4-6-15(8-13(11)3)21-19(24)17(18(23)20-21)10-14-9-16(22(25)26)7-5-12(14)2/h4-10H,1-3H3,(H,20,23)/b17-10-. The molecular formula is C19H17N3O4. The van der Waals surface area contributed by atoms with Crippen molar-refractivity contribution in [1.82, 2.24) is 5.43 Å². The van der Waals surface area contributed by atoms with Crippen molar-refractivity contribution in [3.63, 3.8) is 0 Å². The number of amides is 2. The smallest absolute Gasteiger partial charge is 0.267 e. The zero-order valence-electron chi connectivity index (χ0n) is 14.6. The number of carbonyl (C=O) groups excluding carboxylic acids is 2. The molecule has 0 aliphatic carbocycles. The number of hydrogen-bond donors (Lipinski definition) is 1. The Morgan fingerprint density at radius 3 is 2.35 bits per heavy atom. The molecule has 0 spiro atoms. The first-order chi connectivity index (χ1) is 12.3. The zero-order chi connectivity index (χ0) is 19.0. The molecule has 0 saturated carbocycles. The molecule has 2 aromatic rings. The van der Waals surface area contributed by atoms with Crippen molar-refractivity contribution in [3.8, 4) is 0 Å². The maximum absolute atomic E-state index is 12.7. The molecule has 132 valence electrons. The summed E-state index contributed by atoms with van der Waals surface area (Å²) >= 11 is 0. The van der Waals surface area contributed by atoms with Gasteiger partial charge in [-0.15, -0.1) is 0 Å². The van der Waals surface area contributed by atoms with Gasteiger partial charge in [0.1, 0.15) is 5.57 Å². The van der Waals surface area contributed by atoms with E-state index in [2.05, 4.69) is 5.43 Å². The average molecular weight is 351 g/mol. The van der Waals surface area contributed by atoms with E-state index in [1.807, 2.05) is 26.0 Å². The number of nitro groups is 1. The molecule has 1 N–H and O–H groups in total. The van der Waals surface area contributed by atoms with Crippen LogP contribution in [0.5, 0.6) is 0 Å². The quantitative estimate of drug-likeness (QED) is 0.398. The first-order valence-corrected chi connectivity index (χ1v) is 7.97. The maximum atomic E-state index is 12.7. The van der Waals surface area contributed by atoms with Crippen LogP contribution in [0.2, 0.25) is 0 Å². The van der Waals surface area contributed by atoms with Crippen molar-refractivity contribution in [2.24, 2.45) is 0 Å². The molecule has 0 unspecified atom stereocenters.